The SMILES string of the molecule is CCCCCC1=C(CC)CCC1=O. The van der Waals surface area contributed by atoms with Gasteiger partial charge in [-0.25, -0.2) is 0 Å². The summed E-state index contributed by atoms with van der Waals surface area (Å²) in [7, 11) is 0. The molecular weight excluding hydrogens is 160 g/mol. The molecule has 0 fully saturated rings. The molecule has 0 N–H and O–H groups in total. The Morgan fingerprint density at radius 1 is 1.15 bits per heavy atom. The number of unbranched alkanes of at least 4 members (excludes halogenated alkanes) is 2. The first-order chi connectivity index (χ1) is 6.29. The first-order valence-corrected chi connectivity index (χ1v) is 5.53. The van der Waals surface area contributed by atoms with Crippen LogP contribution in [0.15, 0.2) is 11.1 Å². The molecule has 0 spiro atoms. The maximum absolute atomic E-state index is 11.5. The van der Waals surface area contributed by atoms with Crippen LogP contribution in [-0.2, 0) is 4.79 Å². The van der Waals surface area contributed by atoms with E-state index in [-0.39, 0.29) is 0 Å². The van der Waals surface area contributed by atoms with E-state index in [4.69, 9.17) is 0 Å². The van der Waals surface area contributed by atoms with Gasteiger partial charge in [-0.15, -0.1) is 0 Å². The lowest BCUT2D eigenvalue weighted by atomic mass is 10.0. The van der Waals surface area contributed by atoms with Crippen LogP contribution in [0, 0.1) is 0 Å². The van der Waals surface area contributed by atoms with Gasteiger partial charge in [0.05, 0.1) is 0 Å². The van der Waals surface area contributed by atoms with Crippen LogP contribution in [0.4, 0.5) is 0 Å². The summed E-state index contributed by atoms with van der Waals surface area (Å²) in [4.78, 5) is 11.5. The number of hydrogen-bond donors (Lipinski definition) is 0. The molecule has 1 aliphatic rings. The lowest BCUT2D eigenvalue weighted by molar-refractivity contribution is -0.115. The predicted octanol–water partition coefficient (Wildman–Crippen LogP) is 3.64. The van der Waals surface area contributed by atoms with Gasteiger partial charge in [0, 0.05) is 6.42 Å². The Bertz CT molecular complexity index is 213. The molecule has 0 saturated heterocycles. The second kappa shape index (κ2) is 5.21. The Kier molecular flexibility index (Phi) is 4.20. The summed E-state index contributed by atoms with van der Waals surface area (Å²) in [6.45, 7) is 4.36. The fraction of sp³-hybridized carbons (Fsp3) is 0.750. The van der Waals surface area contributed by atoms with Gasteiger partial charge in [-0.1, -0.05) is 32.3 Å². The van der Waals surface area contributed by atoms with Crippen molar-refractivity contribution in [1.82, 2.24) is 0 Å². The summed E-state index contributed by atoms with van der Waals surface area (Å²) in [6.07, 6.45) is 7.63. The van der Waals surface area contributed by atoms with E-state index < -0.39 is 0 Å². The van der Waals surface area contributed by atoms with E-state index in [1.54, 1.807) is 0 Å². The van der Waals surface area contributed by atoms with Crippen LogP contribution in [0.2, 0.25) is 0 Å². The van der Waals surface area contributed by atoms with E-state index in [1.807, 2.05) is 0 Å². The number of hydrogen-bond acceptors (Lipinski definition) is 1. The van der Waals surface area contributed by atoms with E-state index in [0.29, 0.717) is 5.78 Å². The molecule has 0 bridgehead atoms. The minimum absolute atomic E-state index is 0.424. The molecule has 1 aliphatic carbocycles. The van der Waals surface area contributed by atoms with Gasteiger partial charge in [0.2, 0.25) is 0 Å². The Morgan fingerprint density at radius 2 is 1.92 bits per heavy atom. The number of carbonyl (C=O) groups is 1. The molecule has 0 amide bonds. The van der Waals surface area contributed by atoms with Gasteiger partial charge in [-0.05, 0) is 31.3 Å². The molecule has 0 heterocycles. The number of Topliss-reactive ketones (excluding diaryl/α,β-unsaturated/α-hetero) is 1. The van der Waals surface area contributed by atoms with Gasteiger partial charge >= 0.3 is 0 Å². The minimum Gasteiger partial charge on any atom is -0.295 e. The molecule has 1 heteroatoms. The van der Waals surface area contributed by atoms with Gasteiger partial charge in [-0.2, -0.15) is 0 Å². The van der Waals surface area contributed by atoms with Crippen molar-refractivity contribution in [2.45, 2.75) is 58.8 Å². The Hall–Kier alpha value is -0.590. The summed E-state index contributed by atoms with van der Waals surface area (Å²) < 4.78 is 0. The summed E-state index contributed by atoms with van der Waals surface area (Å²) >= 11 is 0. The second-order valence-electron chi connectivity index (χ2n) is 3.82. The lowest BCUT2D eigenvalue weighted by Gasteiger charge is -2.03. The molecule has 0 unspecified atom stereocenters. The Balaban J connectivity index is 2.48. The zero-order chi connectivity index (χ0) is 9.68. The highest BCUT2D eigenvalue weighted by atomic mass is 16.1. The minimum atomic E-state index is 0.424. The summed E-state index contributed by atoms with van der Waals surface area (Å²) in [5, 5.41) is 0. The molecular formula is C12H20O. The molecule has 0 aromatic rings. The zero-order valence-electron chi connectivity index (χ0n) is 8.86. The Morgan fingerprint density at radius 3 is 2.54 bits per heavy atom. The number of carbonyl (C=O) groups excluding carboxylic acids is 1. The van der Waals surface area contributed by atoms with E-state index in [0.717, 1.165) is 25.7 Å². The number of allylic oxidation sites excluding steroid dienone is 2. The zero-order valence-corrected chi connectivity index (χ0v) is 8.86. The molecule has 0 aromatic heterocycles. The van der Waals surface area contributed by atoms with Crippen molar-refractivity contribution in [2.24, 2.45) is 0 Å². The molecule has 1 rings (SSSR count). The van der Waals surface area contributed by atoms with Crippen molar-refractivity contribution in [2.75, 3.05) is 0 Å². The molecule has 0 saturated carbocycles. The summed E-state index contributed by atoms with van der Waals surface area (Å²) in [5.41, 5.74) is 2.61. The second-order valence-corrected chi connectivity index (χ2v) is 3.82. The lowest BCUT2D eigenvalue weighted by Crippen LogP contribution is -1.96. The largest absolute Gasteiger partial charge is 0.295 e. The van der Waals surface area contributed by atoms with Crippen LogP contribution in [0.5, 0.6) is 0 Å². The first kappa shape index (κ1) is 10.5. The van der Waals surface area contributed by atoms with Crippen molar-refractivity contribution < 1.29 is 4.79 Å². The average Bonchev–Trinajstić information content (AvgIpc) is 2.48. The maximum atomic E-state index is 11.5. The van der Waals surface area contributed by atoms with Crippen LogP contribution < -0.4 is 0 Å². The average molecular weight is 180 g/mol. The molecule has 0 aliphatic heterocycles. The van der Waals surface area contributed by atoms with Gasteiger partial charge in [0.15, 0.2) is 5.78 Å². The van der Waals surface area contributed by atoms with Crippen LogP contribution in [-0.4, -0.2) is 5.78 Å². The summed E-state index contributed by atoms with van der Waals surface area (Å²) in [5.74, 6) is 0.424. The summed E-state index contributed by atoms with van der Waals surface area (Å²) in [6, 6.07) is 0. The fourth-order valence-electron chi connectivity index (χ4n) is 2.02. The molecule has 74 valence electrons. The van der Waals surface area contributed by atoms with Gasteiger partial charge in [0.1, 0.15) is 0 Å². The van der Waals surface area contributed by atoms with Crippen molar-refractivity contribution in [3.8, 4) is 0 Å². The first-order valence-electron chi connectivity index (χ1n) is 5.53. The molecule has 0 radical (unpaired) electrons. The molecule has 13 heavy (non-hydrogen) atoms. The van der Waals surface area contributed by atoms with Crippen molar-refractivity contribution >= 4 is 5.78 Å². The number of ketones is 1. The highest BCUT2D eigenvalue weighted by molar-refractivity contribution is 5.98. The molecule has 0 atom stereocenters. The maximum Gasteiger partial charge on any atom is 0.159 e. The highest BCUT2D eigenvalue weighted by Crippen LogP contribution is 2.28. The molecule has 0 aromatic carbocycles. The normalized spacial score (nSPS) is 17.2. The van der Waals surface area contributed by atoms with Crippen LogP contribution in [0.25, 0.3) is 0 Å². The monoisotopic (exact) mass is 180 g/mol. The highest BCUT2D eigenvalue weighted by Gasteiger charge is 2.20. The Labute approximate surface area is 81.2 Å². The van der Waals surface area contributed by atoms with Gasteiger partial charge < -0.3 is 0 Å². The van der Waals surface area contributed by atoms with E-state index in [1.165, 1.54) is 30.4 Å². The fourth-order valence-corrected chi connectivity index (χ4v) is 2.02. The third kappa shape index (κ3) is 2.68. The quantitative estimate of drug-likeness (QED) is 0.590. The number of rotatable bonds is 5. The topological polar surface area (TPSA) is 17.1 Å². The molecule has 1 nitrogen and oxygen atoms in total. The van der Waals surface area contributed by atoms with E-state index in [2.05, 4.69) is 13.8 Å². The van der Waals surface area contributed by atoms with E-state index >= 15 is 0 Å². The van der Waals surface area contributed by atoms with Crippen molar-refractivity contribution in [3.05, 3.63) is 11.1 Å². The van der Waals surface area contributed by atoms with Crippen LogP contribution in [0.1, 0.15) is 58.8 Å². The smallest absolute Gasteiger partial charge is 0.159 e. The van der Waals surface area contributed by atoms with Gasteiger partial charge in [0.25, 0.3) is 0 Å². The van der Waals surface area contributed by atoms with E-state index in [9.17, 15) is 4.79 Å². The standard InChI is InChI=1S/C12H20O/c1-3-5-6-7-11-10(4-2)8-9-12(11)13/h3-9H2,1-2H3. The third-order valence-electron chi connectivity index (χ3n) is 2.87. The van der Waals surface area contributed by atoms with Crippen molar-refractivity contribution in [3.63, 3.8) is 0 Å². The van der Waals surface area contributed by atoms with Gasteiger partial charge in [-0.3, -0.25) is 4.79 Å². The predicted molar refractivity (Wildman–Crippen MR) is 55.7 cm³/mol. The van der Waals surface area contributed by atoms with Crippen LogP contribution in [0.3, 0.4) is 0 Å². The third-order valence-corrected chi connectivity index (χ3v) is 2.87. The van der Waals surface area contributed by atoms with Crippen molar-refractivity contribution in [1.29, 1.82) is 0 Å². The van der Waals surface area contributed by atoms with Crippen LogP contribution >= 0.6 is 0 Å².